The van der Waals surface area contributed by atoms with Gasteiger partial charge in [0.2, 0.25) is 0 Å². The Morgan fingerprint density at radius 2 is 1.80 bits per heavy atom. The molecule has 20 heavy (non-hydrogen) atoms. The first kappa shape index (κ1) is 15.3. The smallest absolute Gasteiger partial charge is 0.122 e. The Morgan fingerprint density at radius 3 is 2.25 bits per heavy atom. The van der Waals surface area contributed by atoms with Gasteiger partial charge in [-0.25, -0.2) is 0 Å². The van der Waals surface area contributed by atoms with E-state index in [1.807, 2.05) is 18.2 Å². The van der Waals surface area contributed by atoms with Crippen molar-refractivity contribution < 1.29 is 4.74 Å². The van der Waals surface area contributed by atoms with Crippen molar-refractivity contribution in [3.8, 4) is 0 Å². The first-order chi connectivity index (χ1) is 9.10. The van der Waals surface area contributed by atoms with Crippen LogP contribution in [-0.4, -0.2) is 30.1 Å². The molecule has 0 amide bonds. The van der Waals surface area contributed by atoms with Crippen LogP contribution in [0.2, 0.25) is 0 Å². The number of hydrogen-bond acceptors (Lipinski definition) is 3. The Hall–Kier alpha value is -1.07. The molecule has 5 heteroatoms. The van der Waals surface area contributed by atoms with Crippen LogP contribution in [0, 0.1) is 5.41 Å². The lowest BCUT2D eigenvalue weighted by atomic mass is 9.98. The molecule has 2 rings (SSSR count). The van der Waals surface area contributed by atoms with Gasteiger partial charge in [-0.1, -0.05) is 0 Å². The van der Waals surface area contributed by atoms with Crippen molar-refractivity contribution in [2.75, 3.05) is 18.0 Å². The predicted octanol–water partition coefficient (Wildman–Crippen LogP) is 3.13. The summed E-state index contributed by atoms with van der Waals surface area (Å²) >= 11 is 3.59. The molecule has 1 aliphatic rings. The Morgan fingerprint density at radius 1 is 1.25 bits per heavy atom. The normalized spacial score (nSPS) is 20.8. The fourth-order valence-electron chi connectivity index (χ4n) is 2.89. The SMILES string of the molecule is CC1(C)CN(c2ccc(C(=N)N)cc2Br)CC(C)(C)O1. The first-order valence-corrected chi connectivity index (χ1v) is 7.48. The summed E-state index contributed by atoms with van der Waals surface area (Å²) in [5, 5.41) is 7.50. The van der Waals surface area contributed by atoms with E-state index in [4.69, 9.17) is 15.9 Å². The Kier molecular flexibility index (Phi) is 3.86. The van der Waals surface area contributed by atoms with Gasteiger partial charge in [-0.3, -0.25) is 5.41 Å². The van der Waals surface area contributed by atoms with Crippen molar-refractivity contribution in [2.24, 2.45) is 5.73 Å². The number of halogens is 1. The lowest BCUT2D eigenvalue weighted by molar-refractivity contribution is -0.133. The van der Waals surface area contributed by atoms with Crippen molar-refractivity contribution in [1.82, 2.24) is 0 Å². The largest absolute Gasteiger partial charge is 0.384 e. The summed E-state index contributed by atoms with van der Waals surface area (Å²) in [6, 6.07) is 5.79. The van der Waals surface area contributed by atoms with Crippen LogP contribution in [0.1, 0.15) is 33.3 Å². The number of morpholine rings is 1. The second-order valence-electron chi connectivity index (χ2n) is 6.56. The van der Waals surface area contributed by atoms with Crippen LogP contribution in [0.4, 0.5) is 5.69 Å². The van der Waals surface area contributed by atoms with Crippen LogP contribution < -0.4 is 10.6 Å². The average Bonchev–Trinajstić information content (AvgIpc) is 2.24. The van der Waals surface area contributed by atoms with Crippen LogP contribution in [0.5, 0.6) is 0 Å². The molecule has 110 valence electrons. The number of nitrogen functional groups attached to an aromatic ring is 1. The van der Waals surface area contributed by atoms with Crippen LogP contribution in [0.3, 0.4) is 0 Å². The van der Waals surface area contributed by atoms with E-state index in [-0.39, 0.29) is 17.0 Å². The Bertz CT molecular complexity index is 524. The van der Waals surface area contributed by atoms with E-state index in [0.717, 1.165) is 28.8 Å². The third-order valence-electron chi connectivity index (χ3n) is 3.30. The molecule has 0 unspecified atom stereocenters. The fraction of sp³-hybridized carbons (Fsp3) is 0.533. The van der Waals surface area contributed by atoms with Crippen molar-refractivity contribution >= 4 is 27.5 Å². The molecule has 0 aromatic heterocycles. The highest BCUT2D eigenvalue weighted by Crippen LogP contribution is 2.35. The van der Waals surface area contributed by atoms with E-state index in [2.05, 4.69) is 48.5 Å². The summed E-state index contributed by atoms with van der Waals surface area (Å²) < 4.78 is 7.06. The molecule has 4 nitrogen and oxygen atoms in total. The molecule has 0 aliphatic carbocycles. The minimum Gasteiger partial charge on any atom is -0.384 e. The minimum absolute atomic E-state index is 0.0832. The maximum absolute atomic E-state index is 7.50. The molecular formula is C15H22BrN3O. The molecular weight excluding hydrogens is 318 g/mol. The van der Waals surface area contributed by atoms with Gasteiger partial charge in [-0.2, -0.15) is 0 Å². The average molecular weight is 340 g/mol. The number of nitrogens with one attached hydrogen (secondary N) is 1. The number of ether oxygens (including phenoxy) is 1. The third kappa shape index (κ3) is 3.33. The molecule has 1 aromatic rings. The summed E-state index contributed by atoms with van der Waals surface area (Å²) in [5.74, 6) is 0.0832. The second-order valence-corrected chi connectivity index (χ2v) is 7.41. The van der Waals surface area contributed by atoms with Gasteiger partial charge in [0.25, 0.3) is 0 Å². The molecule has 0 bridgehead atoms. The van der Waals surface area contributed by atoms with E-state index in [0.29, 0.717) is 0 Å². The van der Waals surface area contributed by atoms with Crippen molar-refractivity contribution in [1.29, 1.82) is 5.41 Å². The number of hydrogen-bond donors (Lipinski definition) is 2. The number of amidine groups is 1. The molecule has 0 atom stereocenters. The summed E-state index contributed by atoms with van der Waals surface area (Å²) in [4.78, 5) is 2.32. The zero-order valence-corrected chi connectivity index (χ0v) is 14.0. The zero-order chi connectivity index (χ0) is 15.1. The monoisotopic (exact) mass is 339 g/mol. The molecule has 1 aliphatic heterocycles. The van der Waals surface area contributed by atoms with Gasteiger partial charge in [0.1, 0.15) is 5.84 Å². The highest BCUT2D eigenvalue weighted by atomic mass is 79.9. The summed E-state index contributed by atoms with van der Waals surface area (Å²) in [5.41, 5.74) is 6.98. The van der Waals surface area contributed by atoms with Gasteiger partial charge in [0.05, 0.1) is 16.9 Å². The van der Waals surface area contributed by atoms with E-state index in [1.54, 1.807) is 0 Å². The number of rotatable bonds is 2. The number of nitrogens with two attached hydrogens (primary N) is 1. The number of benzene rings is 1. The van der Waals surface area contributed by atoms with Gasteiger partial charge in [0.15, 0.2) is 0 Å². The molecule has 1 saturated heterocycles. The topological polar surface area (TPSA) is 62.3 Å². The quantitative estimate of drug-likeness (QED) is 0.642. The summed E-state index contributed by atoms with van der Waals surface area (Å²) in [6.45, 7) is 10.1. The Labute approximate surface area is 128 Å². The van der Waals surface area contributed by atoms with Gasteiger partial charge in [-0.05, 0) is 61.8 Å². The van der Waals surface area contributed by atoms with Crippen LogP contribution >= 0.6 is 15.9 Å². The highest BCUT2D eigenvalue weighted by molar-refractivity contribution is 9.10. The number of anilines is 1. The summed E-state index contributed by atoms with van der Waals surface area (Å²) in [6.07, 6.45) is 0. The van der Waals surface area contributed by atoms with Gasteiger partial charge >= 0.3 is 0 Å². The molecule has 1 fully saturated rings. The van der Waals surface area contributed by atoms with Crippen LogP contribution in [-0.2, 0) is 4.74 Å². The van der Waals surface area contributed by atoms with Crippen molar-refractivity contribution in [3.63, 3.8) is 0 Å². The van der Waals surface area contributed by atoms with E-state index >= 15 is 0 Å². The minimum atomic E-state index is -0.194. The lowest BCUT2D eigenvalue weighted by Gasteiger charge is -2.48. The Balaban J connectivity index is 2.34. The van der Waals surface area contributed by atoms with E-state index in [9.17, 15) is 0 Å². The molecule has 0 saturated carbocycles. The van der Waals surface area contributed by atoms with Gasteiger partial charge < -0.3 is 15.4 Å². The molecule has 0 radical (unpaired) electrons. The fourth-order valence-corrected chi connectivity index (χ4v) is 3.52. The first-order valence-electron chi connectivity index (χ1n) is 6.69. The van der Waals surface area contributed by atoms with Crippen LogP contribution in [0.25, 0.3) is 0 Å². The molecule has 1 heterocycles. The standard InChI is InChI=1S/C15H22BrN3O/c1-14(2)8-19(9-15(3,4)20-14)12-6-5-10(13(17)18)7-11(12)16/h5-7H,8-9H2,1-4H3,(H3,17,18). The predicted molar refractivity (Wildman–Crippen MR) is 86.6 cm³/mol. The third-order valence-corrected chi connectivity index (χ3v) is 3.93. The maximum atomic E-state index is 7.50. The zero-order valence-electron chi connectivity index (χ0n) is 12.5. The van der Waals surface area contributed by atoms with Crippen LogP contribution in [0.15, 0.2) is 22.7 Å². The second kappa shape index (κ2) is 5.04. The van der Waals surface area contributed by atoms with E-state index < -0.39 is 0 Å². The van der Waals surface area contributed by atoms with Gasteiger partial charge in [0, 0.05) is 23.1 Å². The van der Waals surface area contributed by atoms with Crippen molar-refractivity contribution in [3.05, 3.63) is 28.2 Å². The summed E-state index contributed by atoms with van der Waals surface area (Å²) in [7, 11) is 0. The number of nitrogens with zero attached hydrogens (tertiary/aromatic N) is 1. The molecule has 0 spiro atoms. The lowest BCUT2D eigenvalue weighted by Crippen LogP contribution is -2.57. The molecule has 3 N–H and O–H groups in total. The molecule has 1 aromatic carbocycles. The highest BCUT2D eigenvalue weighted by Gasteiger charge is 2.38. The van der Waals surface area contributed by atoms with Gasteiger partial charge in [-0.15, -0.1) is 0 Å². The van der Waals surface area contributed by atoms with Crippen molar-refractivity contribution in [2.45, 2.75) is 38.9 Å². The maximum Gasteiger partial charge on any atom is 0.122 e. The van der Waals surface area contributed by atoms with E-state index in [1.165, 1.54) is 0 Å².